The van der Waals surface area contributed by atoms with E-state index in [1.54, 1.807) is 6.07 Å². The first-order valence-electron chi connectivity index (χ1n) is 6.72. The molecule has 0 aliphatic heterocycles. The van der Waals surface area contributed by atoms with Crippen molar-refractivity contribution in [1.29, 1.82) is 0 Å². The zero-order chi connectivity index (χ0) is 11.9. The van der Waals surface area contributed by atoms with E-state index in [0.717, 1.165) is 24.9 Å². The normalized spacial score (nSPS) is 25.4. The molecule has 1 saturated carbocycles. The number of hydrogen-bond donors (Lipinski definition) is 2. The van der Waals surface area contributed by atoms with Crippen molar-refractivity contribution in [3.05, 3.63) is 29.3 Å². The monoisotopic (exact) mass is 231 g/mol. The second-order valence-corrected chi connectivity index (χ2v) is 5.98. The largest absolute Gasteiger partial charge is 0.508 e. The van der Waals surface area contributed by atoms with Gasteiger partial charge in [-0.3, -0.25) is 0 Å². The zero-order valence-corrected chi connectivity index (χ0v) is 10.5. The summed E-state index contributed by atoms with van der Waals surface area (Å²) in [6.45, 7) is 3.49. The van der Waals surface area contributed by atoms with Crippen molar-refractivity contribution in [3.63, 3.8) is 0 Å². The minimum absolute atomic E-state index is 0.453. The molecule has 0 radical (unpaired) electrons. The van der Waals surface area contributed by atoms with Crippen molar-refractivity contribution in [2.24, 2.45) is 5.41 Å². The average Bonchev–Trinajstić information content (AvgIpc) is 2.69. The molecule has 0 saturated heterocycles. The Kier molecular flexibility index (Phi) is 2.62. The van der Waals surface area contributed by atoms with Gasteiger partial charge in [-0.1, -0.05) is 25.5 Å². The Hall–Kier alpha value is -1.02. The van der Waals surface area contributed by atoms with Gasteiger partial charge in [0.25, 0.3) is 0 Å². The minimum Gasteiger partial charge on any atom is -0.508 e. The molecule has 92 valence electrons. The summed E-state index contributed by atoms with van der Waals surface area (Å²) < 4.78 is 0. The maximum atomic E-state index is 9.81. The molecule has 2 aliphatic carbocycles. The molecule has 0 amide bonds. The Morgan fingerprint density at radius 3 is 2.94 bits per heavy atom. The van der Waals surface area contributed by atoms with Crippen molar-refractivity contribution in [2.45, 2.75) is 45.1 Å². The van der Waals surface area contributed by atoms with Gasteiger partial charge in [-0.25, -0.2) is 0 Å². The molecule has 1 aromatic carbocycles. The van der Waals surface area contributed by atoms with Crippen molar-refractivity contribution < 1.29 is 5.11 Å². The maximum Gasteiger partial charge on any atom is 0.119 e. The standard InChI is InChI=1S/C15H21NO/c1-15(8-3-9-15)10-16-13-7-6-12-11(13)4-2-5-14(12)17/h2,4-5,13,16-17H,3,6-10H2,1H3. The summed E-state index contributed by atoms with van der Waals surface area (Å²) in [5, 5.41) is 13.5. The summed E-state index contributed by atoms with van der Waals surface area (Å²) >= 11 is 0. The first-order valence-corrected chi connectivity index (χ1v) is 6.72. The van der Waals surface area contributed by atoms with Gasteiger partial charge in [0.2, 0.25) is 0 Å². The molecule has 1 aromatic rings. The van der Waals surface area contributed by atoms with Crippen LogP contribution in [0.2, 0.25) is 0 Å². The molecule has 2 aliphatic rings. The summed E-state index contributed by atoms with van der Waals surface area (Å²) in [6.07, 6.45) is 6.25. The molecule has 3 rings (SSSR count). The van der Waals surface area contributed by atoms with Crippen LogP contribution in [-0.2, 0) is 6.42 Å². The van der Waals surface area contributed by atoms with Crippen LogP contribution in [0.25, 0.3) is 0 Å². The van der Waals surface area contributed by atoms with Crippen LogP contribution in [0.4, 0.5) is 0 Å². The van der Waals surface area contributed by atoms with Gasteiger partial charge in [-0.05, 0) is 48.3 Å². The predicted molar refractivity (Wildman–Crippen MR) is 69.1 cm³/mol. The van der Waals surface area contributed by atoms with E-state index < -0.39 is 0 Å². The number of rotatable bonds is 3. The highest BCUT2D eigenvalue weighted by molar-refractivity contribution is 5.44. The molecule has 1 unspecified atom stereocenters. The molecule has 1 fully saturated rings. The van der Waals surface area contributed by atoms with E-state index in [1.807, 2.05) is 6.07 Å². The summed E-state index contributed by atoms with van der Waals surface area (Å²) in [7, 11) is 0. The smallest absolute Gasteiger partial charge is 0.119 e. The SMILES string of the molecule is CC1(CNC2CCc3c(O)cccc32)CCC1. The van der Waals surface area contributed by atoms with E-state index in [4.69, 9.17) is 0 Å². The second-order valence-electron chi connectivity index (χ2n) is 5.98. The predicted octanol–water partition coefficient (Wildman–Crippen LogP) is 3.16. The molecule has 0 spiro atoms. The van der Waals surface area contributed by atoms with Crippen LogP contribution < -0.4 is 5.32 Å². The van der Waals surface area contributed by atoms with Crippen molar-refractivity contribution in [2.75, 3.05) is 6.54 Å². The molecule has 2 N–H and O–H groups in total. The molecule has 0 heterocycles. The van der Waals surface area contributed by atoms with Crippen molar-refractivity contribution in [1.82, 2.24) is 5.32 Å². The lowest BCUT2D eigenvalue weighted by Crippen LogP contribution is -2.38. The summed E-state index contributed by atoms with van der Waals surface area (Å²) in [6, 6.07) is 6.37. The molecule has 2 heteroatoms. The molecule has 1 atom stereocenters. The number of phenols is 1. The van der Waals surface area contributed by atoms with Gasteiger partial charge in [0.05, 0.1) is 0 Å². The second kappa shape index (κ2) is 4.02. The lowest BCUT2D eigenvalue weighted by molar-refractivity contribution is 0.150. The molecule has 0 bridgehead atoms. The molecular weight excluding hydrogens is 210 g/mol. The average molecular weight is 231 g/mol. The third kappa shape index (κ3) is 1.95. The zero-order valence-electron chi connectivity index (χ0n) is 10.5. The number of benzene rings is 1. The fraction of sp³-hybridized carbons (Fsp3) is 0.600. The van der Waals surface area contributed by atoms with Gasteiger partial charge in [0.15, 0.2) is 0 Å². The lowest BCUT2D eigenvalue weighted by Gasteiger charge is -2.39. The summed E-state index contributed by atoms with van der Waals surface area (Å²) in [4.78, 5) is 0. The van der Waals surface area contributed by atoms with Crippen LogP contribution in [0.15, 0.2) is 18.2 Å². The van der Waals surface area contributed by atoms with E-state index in [9.17, 15) is 5.11 Å². The van der Waals surface area contributed by atoms with Crippen LogP contribution in [0.5, 0.6) is 5.75 Å². The minimum atomic E-state index is 0.453. The third-order valence-electron chi connectivity index (χ3n) is 4.58. The van der Waals surface area contributed by atoms with E-state index in [1.165, 1.54) is 24.8 Å². The summed E-state index contributed by atoms with van der Waals surface area (Å²) in [5.74, 6) is 0.474. The van der Waals surface area contributed by atoms with Gasteiger partial charge in [-0.15, -0.1) is 0 Å². The number of hydrogen-bond acceptors (Lipinski definition) is 2. The van der Waals surface area contributed by atoms with Gasteiger partial charge in [0.1, 0.15) is 5.75 Å². The van der Waals surface area contributed by atoms with E-state index in [2.05, 4.69) is 18.3 Å². The van der Waals surface area contributed by atoms with Gasteiger partial charge in [-0.2, -0.15) is 0 Å². The fourth-order valence-electron chi connectivity index (χ4n) is 3.17. The van der Waals surface area contributed by atoms with Crippen LogP contribution >= 0.6 is 0 Å². The Morgan fingerprint density at radius 1 is 1.41 bits per heavy atom. The van der Waals surface area contributed by atoms with Gasteiger partial charge in [0, 0.05) is 12.6 Å². The number of phenolic OH excluding ortho intramolecular Hbond substituents is 1. The fourth-order valence-corrected chi connectivity index (χ4v) is 3.17. The first-order chi connectivity index (χ1) is 8.18. The Balaban J connectivity index is 1.69. The lowest BCUT2D eigenvalue weighted by atomic mass is 9.70. The van der Waals surface area contributed by atoms with Crippen LogP contribution in [0.1, 0.15) is 49.8 Å². The molecule has 0 aromatic heterocycles. The molecule has 17 heavy (non-hydrogen) atoms. The highest BCUT2D eigenvalue weighted by Gasteiger charge is 2.33. The Labute approximate surface area is 103 Å². The maximum absolute atomic E-state index is 9.81. The summed E-state index contributed by atoms with van der Waals surface area (Å²) in [5.41, 5.74) is 3.00. The highest BCUT2D eigenvalue weighted by Crippen LogP contribution is 2.41. The van der Waals surface area contributed by atoms with Crippen LogP contribution in [-0.4, -0.2) is 11.7 Å². The van der Waals surface area contributed by atoms with Gasteiger partial charge >= 0.3 is 0 Å². The Morgan fingerprint density at radius 2 is 2.24 bits per heavy atom. The van der Waals surface area contributed by atoms with E-state index in [-0.39, 0.29) is 0 Å². The quantitative estimate of drug-likeness (QED) is 0.837. The van der Waals surface area contributed by atoms with Crippen LogP contribution in [0.3, 0.4) is 0 Å². The first kappa shape index (κ1) is 11.1. The van der Waals surface area contributed by atoms with Crippen LogP contribution in [0, 0.1) is 5.41 Å². The van der Waals surface area contributed by atoms with Crippen molar-refractivity contribution in [3.8, 4) is 5.75 Å². The molecule has 2 nitrogen and oxygen atoms in total. The van der Waals surface area contributed by atoms with Crippen molar-refractivity contribution >= 4 is 0 Å². The third-order valence-corrected chi connectivity index (χ3v) is 4.58. The number of nitrogens with one attached hydrogen (secondary N) is 1. The van der Waals surface area contributed by atoms with E-state index in [0.29, 0.717) is 17.2 Å². The molecular formula is C15H21NO. The Bertz CT molecular complexity index is 423. The number of aromatic hydroxyl groups is 1. The number of fused-ring (bicyclic) bond motifs is 1. The van der Waals surface area contributed by atoms with Gasteiger partial charge < -0.3 is 10.4 Å². The van der Waals surface area contributed by atoms with E-state index >= 15 is 0 Å². The topological polar surface area (TPSA) is 32.3 Å². The highest BCUT2D eigenvalue weighted by atomic mass is 16.3.